The molecule has 16 heavy (non-hydrogen) atoms. The van der Waals surface area contributed by atoms with Gasteiger partial charge in [-0.15, -0.1) is 0 Å². The number of hydrogen-bond acceptors (Lipinski definition) is 3. The highest BCUT2D eigenvalue weighted by Crippen LogP contribution is 2.21. The summed E-state index contributed by atoms with van der Waals surface area (Å²) in [6, 6.07) is 0. The molecule has 0 radical (unpaired) electrons. The number of carboxylic acid groups (broad SMARTS) is 1. The highest BCUT2D eigenvalue weighted by molar-refractivity contribution is 7.85. The lowest BCUT2D eigenvalue weighted by molar-refractivity contribution is -0.136. The van der Waals surface area contributed by atoms with E-state index < -0.39 is 22.0 Å². The van der Waals surface area contributed by atoms with Gasteiger partial charge in [0.1, 0.15) is 5.25 Å². The van der Waals surface area contributed by atoms with E-state index in [4.69, 9.17) is 16.7 Å². The van der Waals surface area contributed by atoms with E-state index in [0.29, 0.717) is 16.4 Å². The Labute approximate surface area is 101 Å². The fraction of sp³-hybridized carbons (Fsp3) is 0.556. The van der Waals surface area contributed by atoms with Gasteiger partial charge in [0.25, 0.3) is 0 Å². The largest absolute Gasteiger partial charge is 0.480 e. The predicted molar refractivity (Wildman–Crippen MR) is 61.9 cm³/mol. The van der Waals surface area contributed by atoms with Gasteiger partial charge in [-0.25, -0.2) is 0 Å². The van der Waals surface area contributed by atoms with Crippen molar-refractivity contribution in [3.05, 3.63) is 16.4 Å². The van der Waals surface area contributed by atoms with E-state index >= 15 is 0 Å². The SMILES string of the molecule is Cc1nn(C)c(CS(=O)C(C)C(=O)O)c1Cl. The van der Waals surface area contributed by atoms with Crippen molar-refractivity contribution in [3.63, 3.8) is 0 Å². The maximum atomic E-state index is 11.7. The molecule has 0 saturated heterocycles. The van der Waals surface area contributed by atoms with E-state index in [-0.39, 0.29) is 5.75 Å². The van der Waals surface area contributed by atoms with Crippen LogP contribution in [0.3, 0.4) is 0 Å². The minimum Gasteiger partial charge on any atom is -0.480 e. The van der Waals surface area contributed by atoms with Crippen LogP contribution in [-0.4, -0.2) is 30.3 Å². The molecule has 1 rings (SSSR count). The molecular formula is C9H13ClN2O3S. The maximum absolute atomic E-state index is 11.7. The third-order valence-corrected chi connectivity index (χ3v) is 4.32. The zero-order valence-electron chi connectivity index (χ0n) is 9.23. The molecule has 7 heteroatoms. The topological polar surface area (TPSA) is 72.2 Å². The predicted octanol–water partition coefficient (Wildman–Crippen LogP) is 1.10. The molecular weight excluding hydrogens is 252 g/mol. The number of nitrogens with zero attached hydrogens (tertiary/aromatic N) is 2. The quantitative estimate of drug-likeness (QED) is 0.884. The average Bonchev–Trinajstić information content (AvgIpc) is 2.43. The highest BCUT2D eigenvalue weighted by atomic mass is 35.5. The molecule has 0 amide bonds. The fourth-order valence-corrected chi connectivity index (χ4v) is 2.59. The number of aliphatic carboxylic acids is 1. The number of hydrogen-bond donors (Lipinski definition) is 1. The Morgan fingerprint density at radius 1 is 1.69 bits per heavy atom. The van der Waals surface area contributed by atoms with Crippen LogP contribution in [0.1, 0.15) is 18.3 Å². The second-order valence-corrected chi connectivity index (χ2v) is 5.61. The zero-order valence-corrected chi connectivity index (χ0v) is 10.8. The number of rotatable bonds is 4. The van der Waals surface area contributed by atoms with Gasteiger partial charge in [0.05, 0.1) is 22.2 Å². The van der Waals surface area contributed by atoms with Gasteiger partial charge in [0, 0.05) is 17.8 Å². The number of halogens is 1. The maximum Gasteiger partial charge on any atom is 0.318 e. The molecule has 2 atom stereocenters. The van der Waals surface area contributed by atoms with Crippen LogP contribution in [0.15, 0.2) is 0 Å². The first-order valence-electron chi connectivity index (χ1n) is 4.62. The lowest BCUT2D eigenvalue weighted by Crippen LogP contribution is -2.23. The Hall–Kier alpha value is -0.880. The van der Waals surface area contributed by atoms with Gasteiger partial charge < -0.3 is 5.11 Å². The molecule has 0 aliphatic rings. The molecule has 0 spiro atoms. The second kappa shape index (κ2) is 4.97. The van der Waals surface area contributed by atoms with Crippen molar-refractivity contribution in [1.29, 1.82) is 0 Å². The van der Waals surface area contributed by atoms with Crippen molar-refractivity contribution in [1.82, 2.24) is 9.78 Å². The molecule has 0 saturated carbocycles. The van der Waals surface area contributed by atoms with Gasteiger partial charge in [-0.1, -0.05) is 11.6 Å². The first-order valence-corrected chi connectivity index (χ1v) is 6.38. The summed E-state index contributed by atoms with van der Waals surface area (Å²) in [6.07, 6.45) is 0. The van der Waals surface area contributed by atoms with Gasteiger partial charge in [-0.3, -0.25) is 13.7 Å². The fourth-order valence-electron chi connectivity index (χ4n) is 1.21. The summed E-state index contributed by atoms with van der Waals surface area (Å²) in [6.45, 7) is 3.16. The van der Waals surface area contributed by atoms with Crippen LogP contribution < -0.4 is 0 Å². The summed E-state index contributed by atoms with van der Waals surface area (Å²) in [7, 11) is 0.193. The molecule has 0 aromatic carbocycles. The Morgan fingerprint density at radius 2 is 2.25 bits per heavy atom. The minimum absolute atomic E-state index is 0.101. The number of carboxylic acids is 1. The monoisotopic (exact) mass is 264 g/mol. The van der Waals surface area contributed by atoms with Gasteiger partial charge in [-0.2, -0.15) is 5.10 Å². The van der Waals surface area contributed by atoms with Gasteiger partial charge >= 0.3 is 5.97 Å². The molecule has 1 aromatic heterocycles. The van der Waals surface area contributed by atoms with Crippen molar-refractivity contribution < 1.29 is 14.1 Å². The standard InChI is InChI=1S/C9H13ClN2O3S/c1-5-8(10)7(12(3)11-5)4-16(15)6(2)9(13)14/h6H,4H2,1-3H3,(H,13,14). The van der Waals surface area contributed by atoms with Crippen LogP contribution in [0.4, 0.5) is 0 Å². The van der Waals surface area contributed by atoms with Crippen molar-refractivity contribution >= 4 is 28.4 Å². The molecule has 0 aliphatic heterocycles. The summed E-state index contributed by atoms with van der Waals surface area (Å²) in [5.41, 5.74) is 1.25. The van der Waals surface area contributed by atoms with Gasteiger partial charge in [0.15, 0.2) is 0 Å². The molecule has 1 N–H and O–H groups in total. The van der Waals surface area contributed by atoms with Crippen molar-refractivity contribution in [2.45, 2.75) is 24.9 Å². The molecule has 1 heterocycles. The van der Waals surface area contributed by atoms with Crippen molar-refractivity contribution in [2.75, 3.05) is 0 Å². The summed E-state index contributed by atoms with van der Waals surface area (Å²) in [5.74, 6) is -0.975. The van der Waals surface area contributed by atoms with Crippen LogP contribution in [0.5, 0.6) is 0 Å². The van der Waals surface area contributed by atoms with E-state index in [1.807, 2.05) is 0 Å². The Kier molecular flexibility index (Phi) is 4.09. The first-order chi connectivity index (χ1) is 7.34. The summed E-state index contributed by atoms with van der Waals surface area (Å²) in [5, 5.41) is 12.3. The van der Waals surface area contributed by atoms with Crippen LogP contribution in [0.25, 0.3) is 0 Å². The van der Waals surface area contributed by atoms with Crippen molar-refractivity contribution in [2.24, 2.45) is 7.05 Å². The van der Waals surface area contributed by atoms with Crippen molar-refractivity contribution in [3.8, 4) is 0 Å². The lowest BCUT2D eigenvalue weighted by atomic mass is 10.4. The molecule has 0 fully saturated rings. The summed E-state index contributed by atoms with van der Waals surface area (Å²) >= 11 is 5.98. The smallest absolute Gasteiger partial charge is 0.318 e. The second-order valence-electron chi connectivity index (χ2n) is 3.48. The van der Waals surface area contributed by atoms with Crippen LogP contribution >= 0.6 is 11.6 Å². The number of aromatic nitrogens is 2. The van der Waals surface area contributed by atoms with E-state index in [9.17, 15) is 9.00 Å². The normalized spacial score (nSPS) is 14.8. The third-order valence-electron chi connectivity index (χ3n) is 2.28. The summed E-state index contributed by atoms with van der Waals surface area (Å²) in [4.78, 5) is 10.7. The van der Waals surface area contributed by atoms with E-state index in [1.165, 1.54) is 11.6 Å². The van der Waals surface area contributed by atoms with Crippen LogP contribution in [-0.2, 0) is 28.4 Å². The molecule has 1 aromatic rings. The van der Waals surface area contributed by atoms with Crippen LogP contribution in [0.2, 0.25) is 5.02 Å². The molecule has 90 valence electrons. The first kappa shape index (κ1) is 13.2. The van der Waals surface area contributed by atoms with Gasteiger partial charge in [-0.05, 0) is 13.8 Å². The third kappa shape index (κ3) is 2.62. The van der Waals surface area contributed by atoms with E-state index in [1.54, 1.807) is 14.0 Å². The molecule has 5 nitrogen and oxygen atoms in total. The molecule has 2 unspecified atom stereocenters. The lowest BCUT2D eigenvalue weighted by Gasteiger charge is -2.07. The van der Waals surface area contributed by atoms with Gasteiger partial charge in [0.2, 0.25) is 0 Å². The molecule has 0 bridgehead atoms. The van der Waals surface area contributed by atoms with Crippen LogP contribution in [0, 0.1) is 6.92 Å². The molecule has 0 aliphatic carbocycles. The zero-order chi connectivity index (χ0) is 12.5. The number of carbonyl (C=O) groups is 1. The average molecular weight is 265 g/mol. The van der Waals surface area contributed by atoms with E-state index in [0.717, 1.165) is 0 Å². The Bertz CT molecular complexity index is 444. The Balaban J connectivity index is 2.89. The number of aryl methyl sites for hydroxylation is 2. The summed E-state index contributed by atoms with van der Waals surface area (Å²) < 4.78 is 13.2. The Morgan fingerprint density at radius 3 is 2.62 bits per heavy atom. The van der Waals surface area contributed by atoms with E-state index in [2.05, 4.69) is 5.10 Å². The minimum atomic E-state index is -1.50. The highest BCUT2D eigenvalue weighted by Gasteiger charge is 2.22.